The van der Waals surface area contributed by atoms with Crippen molar-refractivity contribution >= 4 is 23.5 Å². The molecule has 0 saturated heterocycles. The molecule has 0 radical (unpaired) electrons. The van der Waals surface area contributed by atoms with Gasteiger partial charge < -0.3 is 4.74 Å². The average molecular weight is 252 g/mol. The minimum atomic E-state index is -0.189. The molecular formula is C13H16O3S. The molecule has 1 aromatic carbocycles. The fourth-order valence-electron chi connectivity index (χ4n) is 1.35. The summed E-state index contributed by atoms with van der Waals surface area (Å²) < 4.78 is 4.56. The molecule has 4 heteroatoms. The number of hydrogen-bond donors (Lipinski definition) is 0. The Hall–Kier alpha value is -1.29. The van der Waals surface area contributed by atoms with Gasteiger partial charge in [0.15, 0.2) is 0 Å². The van der Waals surface area contributed by atoms with Gasteiger partial charge in [-0.2, -0.15) is 0 Å². The maximum absolute atomic E-state index is 10.9. The van der Waals surface area contributed by atoms with Crippen molar-refractivity contribution < 1.29 is 14.3 Å². The highest BCUT2D eigenvalue weighted by Crippen LogP contribution is 2.19. The van der Waals surface area contributed by atoms with Crippen LogP contribution in [0.15, 0.2) is 29.2 Å². The van der Waals surface area contributed by atoms with Gasteiger partial charge in [0.25, 0.3) is 0 Å². The molecule has 1 aromatic rings. The topological polar surface area (TPSA) is 43.4 Å². The number of hydrogen-bond acceptors (Lipinski definition) is 4. The molecule has 0 aliphatic carbocycles. The molecule has 0 aromatic heterocycles. The molecule has 17 heavy (non-hydrogen) atoms. The second-order valence-corrected chi connectivity index (χ2v) is 4.87. The van der Waals surface area contributed by atoms with Crippen molar-refractivity contribution in [3.05, 3.63) is 29.8 Å². The third-order valence-electron chi connectivity index (χ3n) is 2.18. The zero-order chi connectivity index (χ0) is 12.7. The molecule has 0 unspecified atom stereocenters. The molecule has 0 atom stereocenters. The van der Waals surface area contributed by atoms with E-state index >= 15 is 0 Å². The van der Waals surface area contributed by atoms with Crippen LogP contribution < -0.4 is 0 Å². The summed E-state index contributed by atoms with van der Waals surface area (Å²) in [6.07, 6.45) is 0.892. The van der Waals surface area contributed by atoms with E-state index in [0.717, 1.165) is 10.5 Å². The zero-order valence-electron chi connectivity index (χ0n) is 10.1. The van der Waals surface area contributed by atoms with E-state index in [1.54, 1.807) is 18.7 Å². The number of rotatable bonds is 6. The summed E-state index contributed by atoms with van der Waals surface area (Å²) in [7, 11) is 1.39. The van der Waals surface area contributed by atoms with Crippen LogP contribution in [0.25, 0.3) is 0 Å². The number of benzene rings is 1. The highest BCUT2D eigenvalue weighted by atomic mass is 32.2. The Balaban J connectivity index is 2.40. The minimum Gasteiger partial charge on any atom is -0.469 e. The lowest BCUT2D eigenvalue weighted by Gasteiger charge is -2.02. The molecule has 0 amide bonds. The molecule has 0 bridgehead atoms. The van der Waals surface area contributed by atoms with Crippen molar-refractivity contribution in [1.29, 1.82) is 0 Å². The maximum atomic E-state index is 10.9. The van der Waals surface area contributed by atoms with Crippen LogP contribution in [-0.2, 0) is 20.7 Å². The Kier molecular flexibility index (Phi) is 5.77. The Labute approximate surface area is 106 Å². The van der Waals surface area contributed by atoms with Gasteiger partial charge in [0, 0.05) is 17.1 Å². The molecule has 0 aliphatic rings. The fraction of sp³-hybridized carbons (Fsp3) is 0.385. The Morgan fingerprint density at radius 3 is 2.41 bits per heavy atom. The van der Waals surface area contributed by atoms with Gasteiger partial charge in [-0.1, -0.05) is 12.1 Å². The maximum Gasteiger partial charge on any atom is 0.306 e. The molecule has 0 fully saturated rings. The number of Topliss-reactive ketones (excluding diaryl/α,β-unsaturated/α-hetero) is 1. The van der Waals surface area contributed by atoms with E-state index in [1.165, 1.54) is 7.11 Å². The molecule has 1 rings (SSSR count). The molecule has 0 saturated carbocycles. The summed E-state index contributed by atoms with van der Waals surface area (Å²) in [5.74, 6) is 0.681. The van der Waals surface area contributed by atoms with Crippen LogP contribution in [0.2, 0.25) is 0 Å². The number of thioether (sulfide) groups is 1. The van der Waals surface area contributed by atoms with Crippen molar-refractivity contribution in [3.63, 3.8) is 0 Å². The first-order valence-corrected chi connectivity index (χ1v) is 6.38. The first-order chi connectivity index (χ1) is 8.11. The summed E-state index contributed by atoms with van der Waals surface area (Å²) >= 11 is 1.61. The van der Waals surface area contributed by atoms with Gasteiger partial charge in [0.05, 0.1) is 13.5 Å². The number of ketones is 1. The molecule has 92 valence electrons. The van der Waals surface area contributed by atoms with Crippen molar-refractivity contribution in [2.75, 3.05) is 12.9 Å². The van der Waals surface area contributed by atoms with Crippen molar-refractivity contribution in [2.45, 2.75) is 24.7 Å². The Morgan fingerprint density at radius 2 is 1.88 bits per heavy atom. The lowest BCUT2D eigenvalue weighted by atomic mass is 10.1. The third kappa shape index (κ3) is 5.54. The first kappa shape index (κ1) is 13.8. The quantitative estimate of drug-likeness (QED) is 0.576. The predicted molar refractivity (Wildman–Crippen MR) is 68.2 cm³/mol. The summed E-state index contributed by atoms with van der Waals surface area (Å²) in [5.41, 5.74) is 1.02. The van der Waals surface area contributed by atoms with E-state index in [-0.39, 0.29) is 11.8 Å². The van der Waals surface area contributed by atoms with Crippen LogP contribution in [0.4, 0.5) is 0 Å². The van der Waals surface area contributed by atoms with Crippen molar-refractivity contribution in [2.24, 2.45) is 0 Å². The smallest absolute Gasteiger partial charge is 0.306 e. The summed E-state index contributed by atoms with van der Waals surface area (Å²) in [5, 5.41) is 0. The molecule has 0 N–H and O–H groups in total. The van der Waals surface area contributed by atoms with E-state index in [2.05, 4.69) is 4.74 Å². The molecule has 0 aliphatic heterocycles. The molecule has 0 spiro atoms. The van der Waals surface area contributed by atoms with Crippen molar-refractivity contribution in [1.82, 2.24) is 0 Å². The molecular weight excluding hydrogens is 236 g/mol. The number of ether oxygens (including phenoxy) is 1. The van der Waals surface area contributed by atoms with Crippen LogP contribution in [0.5, 0.6) is 0 Å². The van der Waals surface area contributed by atoms with E-state index < -0.39 is 0 Å². The van der Waals surface area contributed by atoms with Gasteiger partial charge in [-0.3, -0.25) is 9.59 Å². The first-order valence-electron chi connectivity index (χ1n) is 5.40. The largest absolute Gasteiger partial charge is 0.469 e. The number of esters is 1. The average Bonchev–Trinajstić information content (AvgIpc) is 2.30. The predicted octanol–water partition coefficient (Wildman–Crippen LogP) is 2.47. The molecule has 0 heterocycles. The summed E-state index contributed by atoms with van der Waals surface area (Å²) in [6, 6.07) is 7.84. The van der Waals surface area contributed by atoms with Crippen LogP contribution >= 0.6 is 11.8 Å². The lowest BCUT2D eigenvalue weighted by molar-refractivity contribution is -0.140. The highest BCUT2D eigenvalue weighted by molar-refractivity contribution is 7.99. The number of carbonyl (C=O) groups is 2. The van der Waals surface area contributed by atoms with Crippen LogP contribution in [-0.4, -0.2) is 24.6 Å². The Morgan fingerprint density at radius 1 is 1.24 bits per heavy atom. The van der Waals surface area contributed by atoms with E-state index in [4.69, 9.17) is 0 Å². The lowest BCUT2D eigenvalue weighted by Crippen LogP contribution is -2.00. The van der Waals surface area contributed by atoms with Crippen LogP contribution in [0.3, 0.4) is 0 Å². The minimum absolute atomic E-state index is 0.163. The zero-order valence-corrected chi connectivity index (χ0v) is 10.9. The second-order valence-electron chi connectivity index (χ2n) is 3.70. The fourth-order valence-corrected chi connectivity index (χ4v) is 2.18. The van der Waals surface area contributed by atoms with Gasteiger partial charge >= 0.3 is 5.97 Å². The van der Waals surface area contributed by atoms with E-state index in [9.17, 15) is 9.59 Å². The SMILES string of the molecule is COC(=O)CCSc1ccc(CC(C)=O)cc1. The number of methoxy groups -OCH3 is 1. The summed E-state index contributed by atoms with van der Waals surface area (Å²) in [4.78, 5) is 22.9. The van der Waals surface area contributed by atoms with Gasteiger partial charge in [-0.15, -0.1) is 11.8 Å². The number of carbonyl (C=O) groups excluding carboxylic acids is 2. The standard InChI is InChI=1S/C13H16O3S/c1-10(14)9-11-3-5-12(6-4-11)17-8-7-13(15)16-2/h3-6H,7-9H2,1-2H3. The van der Waals surface area contributed by atoms with Gasteiger partial charge in [-0.05, 0) is 24.6 Å². The molecule has 3 nitrogen and oxygen atoms in total. The van der Waals surface area contributed by atoms with Gasteiger partial charge in [-0.25, -0.2) is 0 Å². The third-order valence-corrected chi connectivity index (χ3v) is 3.19. The van der Waals surface area contributed by atoms with E-state index in [1.807, 2.05) is 24.3 Å². The van der Waals surface area contributed by atoms with E-state index in [0.29, 0.717) is 18.6 Å². The van der Waals surface area contributed by atoms with Crippen LogP contribution in [0.1, 0.15) is 18.9 Å². The summed E-state index contributed by atoms with van der Waals surface area (Å²) in [6.45, 7) is 1.58. The second kappa shape index (κ2) is 7.12. The monoisotopic (exact) mass is 252 g/mol. The van der Waals surface area contributed by atoms with Gasteiger partial charge in [0.1, 0.15) is 5.78 Å². The van der Waals surface area contributed by atoms with Gasteiger partial charge in [0.2, 0.25) is 0 Å². The van der Waals surface area contributed by atoms with Crippen molar-refractivity contribution in [3.8, 4) is 0 Å². The highest BCUT2D eigenvalue weighted by Gasteiger charge is 2.02. The Bertz CT molecular complexity index is 384. The van der Waals surface area contributed by atoms with Crippen LogP contribution in [0, 0.1) is 0 Å². The normalized spacial score (nSPS) is 10.0.